The average molecular weight is 321 g/mol. The SMILES string of the molecule is N#CC1(NC(=O)c2ccc3[nH]c4c(c3c2)CCCC4)CCCCC1. The highest BCUT2D eigenvalue weighted by molar-refractivity contribution is 5.99. The van der Waals surface area contributed by atoms with Crippen molar-refractivity contribution in [1.29, 1.82) is 5.26 Å². The van der Waals surface area contributed by atoms with Gasteiger partial charge in [-0.15, -0.1) is 0 Å². The third kappa shape index (κ3) is 2.58. The van der Waals surface area contributed by atoms with Gasteiger partial charge in [-0.25, -0.2) is 0 Å². The topological polar surface area (TPSA) is 68.7 Å². The van der Waals surface area contributed by atoms with Gasteiger partial charge in [0.1, 0.15) is 5.54 Å². The molecular formula is C20H23N3O. The van der Waals surface area contributed by atoms with E-state index in [0.29, 0.717) is 5.56 Å². The lowest BCUT2D eigenvalue weighted by molar-refractivity contribution is 0.0903. The number of nitrogens with one attached hydrogen (secondary N) is 2. The second kappa shape index (κ2) is 5.98. The molecule has 2 aliphatic rings. The van der Waals surface area contributed by atoms with Crippen LogP contribution < -0.4 is 5.32 Å². The number of H-pyrrole nitrogens is 1. The summed E-state index contributed by atoms with van der Waals surface area (Å²) in [6.07, 6.45) is 9.34. The highest BCUT2D eigenvalue weighted by Gasteiger charge is 2.33. The van der Waals surface area contributed by atoms with Crippen LogP contribution >= 0.6 is 0 Å². The second-order valence-electron chi connectivity index (χ2n) is 7.26. The number of aryl methyl sites for hydroxylation is 2. The standard InChI is InChI=1S/C20H23N3O/c21-13-20(10-4-1-5-11-20)23-19(24)14-8-9-18-16(12-14)15-6-2-3-7-17(15)22-18/h8-9,12,22H,1-7,10-11H2,(H,23,24). The summed E-state index contributed by atoms with van der Waals surface area (Å²) >= 11 is 0. The largest absolute Gasteiger partial charge is 0.358 e. The zero-order valence-corrected chi connectivity index (χ0v) is 14.0. The van der Waals surface area contributed by atoms with E-state index in [1.807, 2.05) is 18.2 Å². The van der Waals surface area contributed by atoms with Crippen LogP contribution in [-0.4, -0.2) is 16.4 Å². The van der Waals surface area contributed by atoms with Gasteiger partial charge in [0.05, 0.1) is 6.07 Å². The fraction of sp³-hybridized carbons (Fsp3) is 0.500. The van der Waals surface area contributed by atoms with Crippen LogP contribution in [0, 0.1) is 11.3 Å². The zero-order chi connectivity index (χ0) is 16.6. The molecule has 1 saturated carbocycles. The Labute approximate surface area is 142 Å². The number of aromatic nitrogens is 1. The highest BCUT2D eigenvalue weighted by atomic mass is 16.1. The molecular weight excluding hydrogens is 298 g/mol. The molecule has 1 amide bonds. The Bertz CT molecular complexity index is 821. The van der Waals surface area contributed by atoms with Crippen molar-refractivity contribution in [3.63, 3.8) is 0 Å². The maximum Gasteiger partial charge on any atom is 0.252 e. The van der Waals surface area contributed by atoms with Gasteiger partial charge in [0, 0.05) is 22.2 Å². The van der Waals surface area contributed by atoms with E-state index in [0.717, 1.165) is 50.5 Å². The van der Waals surface area contributed by atoms with E-state index < -0.39 is 5.54 Å². The first kappa shape index (κ1) is 15.3. The minimum absolute atomic E-state index is 0.119. The summed E-state index contributed by atoms with van der Waals surface area (Å²) in [4.78, 5) is 16.2. The Morgan fingerprint density at radius 3 is 2.71 bits per heavy atom. The molecule has 2 aliphatic carbocycles. The second-order valence-corrected chi connectivity index (χ2v) is 7.26. The van der Waals surface area contributed by atoms with Crippen molar-refractivity contribution in [2.24, 2.45) is 0 Å². The molecule has 4 heteroatoms. The number of aromatic amines is 1. The van der Waals surface area contributed by atoms with Crippen LogP contribution in [0.15, 0.2) is 18.2 Å². The number of nitrogens with zero attached hydrogens (tertiary/aromatic N) is 1. The fourth-order valence-corrected chi connectivity index (χ4v) is 4.26. The van der Waals surface area contributed by atoms with Crippen molar-refractivity contribution in [2.75, 3.05) is 0 Å². The quantitative estimate of drug-likeness (QED) is 0.877. The average Bonchev–Trinajstić information content (AvgIpc) is 3.00. The van der Waals surface area contributed by atoms with Crippen LogP contribution in [-0.2, 0) is 12.8 Å². The molecule has 0 atom stereocenters. The molecule has 1 aromatic carbocycles. The first-order valence-electron chi connectivity index (χ1n) is 9.08. The van der Waals surface area contributed by atoms with Gasteiger partial charge in [0.15, 0.2) is 0 Å². The number of hydrogen-bond donors (Lipinski definition) is 2. The van der Waals surface area contributed by atoms with Gasteiger partial charge in [-0.05, 0) is 62.3 Å². The minimum atomic E-state index is -0.679. The molecule has 2 N–H and O–H groups in total. The first-order valence-corrected chi connectivity index (χ1v) is 9.08. The molecule has 0 saturated heterocycles. The lowest BCUT2D eigenvalue weighted by Gasteiger charge is -2.31. The summed E-state index contributed by atoms with van der Waals surface area (Å²) < 4.78 is 0. The lowest BCUT2D eigenvalue weighted by Crippen LogP contribution is -2.48. The third-order valence-corrected chi connectivity index (χ3v) is 5.63. The maximum absolute atomic E-state index is 12.7. The molecule has 1 heterocycles. The molecule has 0 radical (unpaired) electrons. The van der Waals surface area contributed by atoms with Gasteiger partial charge >= 0.3 is 0 Å². The number of benzene rings is 1. The predicted molar refractivity (Wildman–Crippen MR) is 93.8 cm³/mol. The van der Waals surface area contributed by atoms with E-state index >= 15 is 0 Å². The number of nitriles is 1. The first-order chi connectivity index (χ1) is 11.7. The van der Waals surface area contributed by atoms with E-state index in [-0.39, 0.29) is 5.91 Å². The monoisotopic (exact) mass is 321 g/mol. The number of amides is 1. The lowest BCUT2D eigenvalue weighted by atomic mass is 9.82. The predicted octanol–water partition coefficient (Wildman–Crippen LogP) is 4.00. The summed E-state index contributed by atoms with van der Waals surface area (Å²) in [7, 11) is 0. The van der Waals surface area contributed by atoms with Crippen LogP contribution in [0.5, 0.6) is 0 Å². The van der Waals surface area contributed by atoms with Crippen molar-refractivity contribution in [3.8, 4) is 6.07 Å². The molecule has 1 fully saturated rings. The van der Waals surface area contributed by atoms with Crippen molar-refractivity contribution in [3.05, 3.63) is 35.0 Å². The van der Waals surface area contributed by atoms with E-state index in [1.165, 1.54) is 29.5 Å². The summed E-state index contributed by atoms with van der Waals surface area (Å²) in [5, 5.41) is 13.8. The maximum atomic E-state index is 12.7. The Hall–Kier alpha value is -2.28. The van der Waals surface area contributed by atoms with Crippen LogP contribution in [0.4, 0.5) is 0 Å². The fourth-order valence-electron chi connectivity index (χ4n) is 4.26. The Morgan fingerprint density at radius 1 is 1.12 bits per heavy atom. The van der Waals surface area contributed by atoms with Crippen molar-refractivity contribution in [1.82, 2.24) is 10.3 Å². The van der Waals surface area contributed by atoms with E-state index in [2.05, 4.69) is 16.4 Å². The Morgan fingerprint density at radius 2 is 1.92 bits per heavy atom. The van der Waals surface area contributed by atoms with Crippen molar-refractivity contribution in [2.45, 2.75) is 63.3 Å². The smallest absolute Gasteiger partial charge is 0.252 e. The molecule has 24 heavy (non-hydrogen) atoms. The molecule has 0 unspecified atom stereocenters. The number of carbonyl (C=O) groups is 1. The van der Waals surface area contributed by atoms with Crippen LogP contribution in [0.1, 0.15) is 66.6 Å². The summed E-state index contributed by atoms with van der Waals surface area (Å²) in [5.74, 6) is -0.119. The minimum Gasteiger partial charge on any atom is -0.358 e. The van der Waals surface area contributed by atoms with Gasteiger partial charge < -0.3 is 10.3 Å². The van der Waals surface area contributed by atoms with Gasteiger partial charge in [0.2, 0.25) is 0 Å². The number of hydrogen-bond acceptors (Lipinski definition) is 2. The van der Waals surface area contributed by atoms with Crippen molar-refractivity contribution < 1.29 is 4.79 Å². The summed E-state index contributed by atoms with van der Waals surface area (Å²) in [6, 6.07) is 8.23. The number of carbonyl (C=O) groups excluding carboxylic acids is 1. The van der Waals surface area contributed by atoms with Crippen LogP contribution in [0.3, 0.4) is 0 Å². The Kier molecular flexibility index (Phi) is 3.80. The van der Waals surface area contributed by atoms with Gasteiger partial charge in [-0.1, -0.05) is 19.3 Å². The molecule has 4 rings (SSSR count). The van der Waals surface area contributed by atoms with Crippen LogP contribution in [0.2, 0.25) is 0 Å². The van der Waals surface area contributed by atoms with Gasteiger partial charge in [-0.3, -0.25) is 4.79 Å². The van der Waals surface area contributed by atoms with E-state index in [4.69, 9.17) is 0 Å². The molecule has 2 aromatic rings. The summed E-state index contributed by atoms with van der Waals surface area (Å²) in [6.45, 7) is 0. The zero-order valence-electron chi connectivity index (χ0n) is 14.0. The highest BCUT2D eigenvalue weighted by Crippen LogP contribution is 2.31. The molecule has 0 spiro atoms. The number of rotatable bonds is 2. The Balaban J connectivity index is 1.63. The molecule has 0 aliphatic heterocycles. The van der Waals surface area contributed by atoms with E-state index in [1.54, 1.807) is 0 Å². The third-order valence-electron chi connectivity index (χ3n) is 5.63. The molecule has 124 valence electrons. The van der Waals surface area contributed by atoms with Gasteiger partial charge in [-0.2, -0.15) is 5.26 Å². The molecule has 0 bridgehead atoms. The van der Waals surface area contributed by atoms with Gasteiger partial charge in [0.25, 0.3) is 5.91 Å². The number of fused-ring (bicyclic) bond motifs is 3. The molecule has 1 aromatic heterocycles. The van der Waals surface area contributed by atoms with Crippen LogP contribution in [0.25, 0.3) is 10.9 Å². The summed E-state index contributed by atoms with van der Waals surface area (Å²) in [5.41, 5.74) is 3.80. The van der Waals surface area contributed by atoms with Crippen molar-refractivity contribution >= 4 is 16.8 Å². The molecule has 4 nitrogen and oxygen atoms in total. The van der Waals surface area contributed by atoms with E-state index in [9.17, 15) is 10.1 Å². The normalized spacial score (nSPS) is 19.5.